The molecular weight excluding hydrogens is 342 g/mol. The third-order valence-electron chi connectivity index (χ3n) is 4.13. The van der Waals surface area contributed by atoms with Crippen LogP contribution in [0.3, 0.4) is 0 Å². The summed E-state index contributed by atoms with van der Waals surface area (Å²) in [7, 11) is 5.16. The van der Waals surface area contributed by atoms with E-state index in [1.807, 2.05) is 37.1 Å². The van der Waals surface area contributed by atoms with Crippen LogP contribution >= 0.6 is 0 Å². The van der Waals surface area contributed by atoms with E-state index in [9.17, 15) is 5.11 Å². The molecule has 2 aromatic carbocycles. The summed E-state index contributed by atoms with van der Waals surface area (Å²) in [6.07, 6.45) is -0.757. The first-order valence-corrected chi connectivity index (χ1v) is 9.01. The number of rotatable bonds is 8. The zero-order valence-electron chi connectivity index (χ0n) is 16.5. The van der Waals surface area contributed by atoms with Gasteiger partial charge in [0, 0.05) is 26.2 Å². The van der Waals surface area contributed by atoms with Gasteiger partial charge in [0.1, 0.15) is 11.5 Å². The van der Waals surface area contributed by atoms with Gasteiger partial charge >= 0.3 is 0 Å². The molecular formula is C21H29N3O3. The van der Waals surface area contributed by atoms with Crippen molar-refractivity contribution in [2.75, 3.05) is 34.4 Å². The molecule has 27 heavy (non-hydrogen) atoms. The van der Waals surface area contributed by atoms with Crippen molar-refractivity contribution < 1.29 is 14.6 Å². The SMILES string of the molecule is CCNC(=NCC(O)c1cc(OC)cc(OC)c1)N(C)Cc1ccccc1. The van der Waals surface area contributed by atoms with Crippen LogP contribution in [0.2, 0.25) is 0 Å². The first-order chi connectivity index (χ1) is 13.1. The van der Waals surface area contributed by atoms with Crippen molar-refractivity contribution in [3.63, 3.8) is 0 Å². The molecule has 0 heterocycles. The zero-order chi connectivity index (χ0) is 19.6. The molecule has 0 fully saturated rings. The van der Waals surface area contributed by atoms with Crippen molar-refractivity contribution >= 4 is 5.96 Å². The van der Waals surface area contributed by atoms with Crippen LogP contribution in [0.5, 0.6) is 11.5 Å². The lowest BCUT2D eigenvalue weighted by atomic mass is 10.1. The molecule has 2 rings (SSSR count). The molecule has 2 N–H and O–H groups in total. The number of nitrogens with zero attached hydrogens (tertiary/aromatic N) is 2. The highest BCUT2D eigenvalue weighted by Crippen LogP contribution is 2.26. The molecule has 0 radical (unpaired) electrons. The Kier molecular flexibility index (Phi) is 7.95. The van der Waals surface area contributed by atoms with Gasteiger partial charge in [-0.25, -0.2) is 0 Å². The molecule has 0 aliphatic rings. The molecule has 0 saturated carbocycles. The van der Waals surface area contributed by atoms with E-state index in [0.29, 0.717) is 17.1 Å². The second-order valence-corrected chi connectivity index (χ2v) is 6.20. The molecule has 0 aromatic heterocycles. The molecule has 0 amide bonds. The molecule has 0 spiro atoms. The van der Waals surface area contributed by atoms with Gasteiger partial charge in [0.2, 0.25) is 0 Å². The first kappa shape index (κ1) is 20.6. The van der Waals surface area contributed by atoms with Crippen molar-refractivity contribution in [3.8, 4) is 11.5 Å². The van der Waals surface area contributed by atoms with Gasteiger partial charge in [0.15, 0.2) is 5.96 Å². The maximum Gasteiger partial charge on any atom is 0.194 e. The summed E-state index contributed by atoms with van der Waals surface area (Å²) in [5, 5.41) is 13.9. The topological polar surface area (TPSA) is 66.3 Å². The van der Waals surface area contributed by atoms with Crippen molar-refractivity contribution in [2.45, 2.75) is 19.6 Å². The molecule has 0 aliphatic carbocycles. The maximum atomic E-state index is 10.6. The Bertz CT molecular complexity index is 712. The summed E-state index contributed by atoms with van der Waals surface area (Å²) in [5.74, 6) is 2.02. The van der Waals surface area contributed by atoms with E-state index in [-0.39, 0.29) is 6.54 Å². The Morgan fingerprint density at radius 3 is 2.30 bits per heavy atom. The van der Waals surface area contributed by atoms with Crippen molar-refractivity contribution in [1.29, 1.82) is 0 Å². The number of nitrogens with one attached hydrogen (secondary N) is 1. The number of hydrogen-bond donors (Lipinski definition) is 2. The molecule has 2 aromatic rings. The molecule has 0 saturated heterocycles. The molecule has 0 bridgehead atoms. The van der Waals surface area contributed by atoms with Gasteiger partial charge in [-0.1, -0.05) is 30.3 Å². The Labute approximate surface area is 161 Å². The van der Waals surface area contributed by atoms with Crippen LogP contribution in [0.25, 0.3) is 0 Å². The Morgan fingerprint density at radius 2 is 1.74 bits per heavy atom. The van der Waals surface area contributed by atoms with E-state index >= 15 is 0 Å². The third kappa shape index (κ3) is 6.18. The Hall–Kier alpha value is -2.73. The number of aliphatic hydroxyl groups is 1. The Morgan fingerprint density at radius 1 is 1.11 bits per heavy atom. The highest BCUT2D eigenvalue weighted by Gasteiger charge is 2.13. The van der Waals surface area contributed by atoms with E-state index in [0.717, 1.165) is 19.0 Å². The second-order valence-electron chi connectivity index (χ2n) is 6.20. The van der Waals surface area contributed by atoms with E-state index in [1.165, 1.54) is 5.56 Å². The van der Waals surface area contributed by atoms with E-state index in [4.69, 9.17) is 9.47 Å². The quantitative estimate of drug-likeness (QED) is 0.552. The van der Waals surface area contributed by atoms with Gasteiger partial charge in [0.25, 0.3) is 0 Å². The fourth-order valence-corrected chi connectivity index (χ4v) is 2.70. The average molecular weight is 371 g/mol. The maximum absolute atomic E-state index is 10.6. The summed E-state index contributed by atoms with van der Waals surface area (Å²) in [6, 6.07) is 15.6. The van der Waals surface area contributed by atoms with E-state index in [2.05, 4.69) is 22.4 Å². The highest BCUT2D eigenvalue weighted by molar-refractivity contribution is 5.79. The number of hydrogen-bond acceptors (Lipinski definition) is 4. The zero-order valence-corrected chi connectivity index (χ0v) is 16.5. The Balaban J connectivity index is 2.11. The van der Waals surface area contributed by atoms with Crippen molar-refractivity contribution in [3.05, 3.63) is 59.7 Å². The van der Waals surface area contributed by atoms with Gasteiger partial charge in [-0.05, 0) is 30.2 Å². The molecule has 146 valence electrons. The van der Waals surface area contributed by atoms with Crippen molar-refractivity contribution in [1.82, 2.24) is 10.2 Å². The van der Waals surface area contributed by atoms with Crippen LogP contribution < -0.4 is 14.8 Å². The second kappa shape index (κ2) is 10.4. The summed E-state index contributed by atoms with van der Waals surface area (Å²) < 4.78 is 10.5. The minimum atomic E-state index is -0.757. The van der Waals surface area contributed by atoms with Crippen LogP contribution in [0.15, 0.2) is 53.5 Å². The molecule has 1 atom stereocenters. The molecule has 0 aliphatic heterocycles. The lowest BCUT2D eigenvalue weighted by Gasteiger charge is -2.22. The fraction of sp³-hybridized carbons (Fsp3) is 0.381. The monoisotopic (exact) mass is 371 g/mol. The minimum absolute atomic E-state index is 0.234. The predicted octanol–water partition coefficient (Wildman–Crippen LogP) is 2.83. The largest absolute Gasteiger partial charge is 0.497 e. The van der Waals surface area contributed by atoms with E-state index < -0.39 is 6.10 Å². The van der Waals surface area contributed by atoms with Gasteiger partial charge < -0.3 is 24.8 Å². The van der Waals surface area contributed by atoms with Gasteiger partial charge in [-0.3, -0.25) is 4.99 Å². The van der Waals surface area contributed by atoms with Crippen molar-refractivity contribution in [2.24, 2.45) is 4.99 Å². The first-order valence-electron chi connectivity index (χ1n) is 9.01. The molecule has 1 unspecified atom stereocenters. The number of methoxy groups -OCH3 is 2. The normalized spacial score (nSPS) is 12.4. The number of aliphatic imine (C=N–C) groups is 1. The smallest absolute Gasteiger partial charge is 0.194 e. The third-order valence-corrected chi connectivity index (χ3v) is 4.13. The van der Waals surface area contributed by atoms with E-state index in [1.54, 1.807) is 32.4 Å². The van der Waals surface area contributed by atoms with Crippen LogP contribution in [0, 0.1) is 0 Å². The lowest BCUT2D eigenvalue weighted by Crippen LogP contribution is -2.38. The summed E-state index contributed by atoms with van der Waals surface area (Å²) in [6.45, 7) is 3.74. The van der Waals surface area contributed by atoms with Crippen LogP contribution in [-0.2, 0) is 6.54 Å². The minimum Gasteiger partial charge on any atom is -0.497 e. The van der Waals surface area contributed by atoms with Gasteiger partial charge in [0.05, 0.1) is 26.9 Å². The predicted molar refractivity (Wildman–Crippen MR) is 108 cm³/mol. The lowest BCUT2D eigenvalue weighted by molar-refractivity contribution is 0.185. The number of benzene rings is 2. The van der Waals surface area contributed by atoms with Crippen LogP contribution in [0.1, 0.15) is 24.2 Å². The average Bonchev–Trinajstić information content (AvgIpc) is 2.70. The highest BCUT2D eigenvalue weighted by atomic mass is 16.5. The van der Waals surface area contributed by atoms with Crippen LogP contribution in [-0.4, -0.2) is 50.3 Å². The molecule has 6 heteroatoms. The number of ether oxygens (including phenoxy) is 2. The van der Waals surface area contributed by atoms with Crippen LogP contribution in [0.4, 0.5) is 0 Å². The standard InChI is InChI=1S/C21H29N3O3/c1-5-22-21(24(2)15-16-9-7-6-8-10-16)23-14-20(25)17-11-18(26-3)13-19(12-17)27-4/h6-13,20,25H,5,14-15H2,1-4H3,(H,22,23). The summed E-state index contributed by atoms with van der Waals surface area (Å²) in [5.41, 5.74) is 1.90. The van der Waals surface area contributed by atoms with Gasteiger partial charge in [-0.15, -0.1) is 0 Å². The molecule has 6 nitrogen and oxygen atoms in total. The number of guanidine groups is 1. The van der Waals surface area contributed by atoms with Gasteiger partial charge in [-0.2, -0.15) is 0 Å². The summed E-state index contributed by atoms with van der Waals surface area (Å²) >= 11 is 0. The summed E-state index contributed by atoms with van der Waals surface area (Å²) in [4.78, 5) is 6.64. The fourth-order valence-electron chi connectivity index (χ4n) is 2.70. The number of aliphatic hydroxyl groups excluding tert-OH is 1.